The van der Waals surface area contributed by atoms with E-state index in [-0.39, 0.29) is 17.7 Å². The van der Waals surface area contributed by atoms with Crippen molar-refractivity contribution in [2.75, 3.05) is 6.54 Å². The molecule has 1 aromatic rings. The number of piperidine rings is 1. The van der Waals surface area contributed by atoms with E-state index in [4.69, 9.17) is 0 Å². The Morgan fingerprint density at radius 2 is 1.83 bits per heavy atom. The molecule has 2 fully saturated rings. The zero-order valence-corrected chi connectivity index (χ0v) is 14.2. The van der Waals surface area contributed by atoms with Crippen LogP contribution in [0.3, 0.4) is 0 Å². The van der Waals surface area contributed by atoms with Crippen LogP contribution in [0, 0.1) is 5.92 Å². The Balaban J connectivity index is 1.55. The van der Waals surface area contributed by atoms with Crippen LogP contribution in [0.4, 0.5) is 0 Å². The Labute approximate surface area is 143 Å². The molecule has 1 aromatic heterocycles. The highest BCUT2D eigenvalue weighted by Crippen LogP contribution is 2.27. The van der Waals surface area contributed by atoms with Gasteiger partial charge in [0.15, 0.2) is 0 Å². The minimum absolute atomic E-state index is 0.0675. The van der Waals surface area contributed by atoms with E-state index in [0.29, 0.717) is 32.0 Å². The molecule has 5 nitrogen and oxygen atoms in total. The van der Waals surface area contributed by atoms with E-state index in [1.807, 2.05) is 17.0 Å². The molecule has 1 aliphatic heterocycles. The molecule has 24 heavy (non-hydrogen) atoms. The van der Waals surface area contributed by atoms with Crippen molar-refractivity contribution in [3.63, 3.8) is 0 Å². The zero-order valence-electron chi connectivity index (χ0n) is 14.2. The second-order valence-corrected chi connectivity index (χ2v) is 7.00. The van der Waals surface area contributed by atoms with Gasteiger partial charge in [0, 0.05) is 37.9 Å². The van der Waals surface area contributed by atoms with E-state index < -0.39 is 0 Å². The molecule has 0 aromatic carbocycles. The lowest BCUT2D eigenvalue weighted by Crippen LogP contribution is -2.49. The Hall–Kier alpha value is -1.91. The Kier molecular flexibility index (Phi) is 5.83. The average molecular weight is 329 g/mol. The first kappa shape index (κ1) is 16.9. The molecule has 5 heteroatoms. The largest absolute Gasteiger partial charge is 0.352 e. The van der Waals surface area contributed by atoms with Crippen molar-refractivity contribution in [1.82, 2.24) is 15.2 Å². The zero-order chi connectivity index (χ0) is 16.8. The minimum atomic E-state index is -0.0761. The molecule has 1 saturated carbocycles. The number of nitrogens with one attached hydrogen (secondary N) is 1. The first-order chi connectivity index (χ1) is 11.7. The lowest BCUT2D eigenvalue weighted by molar-refractivity contribution is -0.141. The molecular formula is C19H27N3O2. The van der Waals surface area contributed by atoms with Crippen LogP contribution in [0.15, 0.2) is 24.5 Å². The van der Waals surface area contributed by atoms with Gasteiger partial charge in [0.1, 0.15) is 0 Å². The topological polar surface area (TPSA) is 62.3 Å². The summed E-state index contributed by atoms with van der Waals surface area (Å²) < 4.78 is 0. The number of carbonyl (C=O) groups excluding carboxylic acids is 2. The fraction of sp³-hybridized carbons (Fsp3) is 0.632. The number of likely N-dealkylation sites (tertiary alicyclic amines) is 1. The minimum Gasteiger partial charge on any atom is -0.352 e. The fourth-order valence-electron chi connectivity index (χ4n) is 3.84. The molecule has 2 aliphatic rings. The first-order valence-corrected chi connectivity index (χ1v) is 9.20. The number of carbonyl (C=O) groups is 2. The molecule has 1 saturated heterocycles. The van der Waals surface area contributed by atoms with Crippen molar-refractivity contribution in [3.8, 4) is 0 Å². The third-order valence-corrected chi connectivity index (χ3v) is 5.30. The third kappa shape index (κ3) is 4.34. The van der Waals surface area contributed by atoms with Crippen LogP contribution in [-0.2, 0) is 16.1 Å². The highest BCUT2D eigenvalue weighted by atomic mass is 16.2. The number of hydrogen-bond acceptors (Lipinski definition) is 3. The lowest BCUT2D eigenvalue weighted by Gasteiger charge is -2.37. The summed E-state index contributed by atoms with van der Waals surface area (Å²) in [6.07, 6.45) is 11.8. The third-order valence-electron chi connectivity index (χ3n) is 5.30. The molecular weight excluding hydrogens is 302 g/mol. The Morgan fingerprint density at radius 3 is 2.54 bits per heavy atom. The highest BCUT2D eigenvalue weighted by Gasteiger charge is 2.34. The summed E-state index contributed by atoms with van der Waals surface area (Å²) >= 11 is 0. The van der Waals surface area contributed by atoms with Gasteiger partial charge >= 0.3 is 0 Å². The fourth-order valence-corrected chi connectivity index (χ4v) is 3.84. The first-order valence-electron chi connectivity index (χ1n) is 9.20. The van der Waals surface area contributed by atoms with Crippen molar-refractivity contribution < 1.29 is 9.59 Å². The predicted molar refractivity (Wildman–Crippen MR) is 92.0 cm³/mol. The van der Waals surface area contributed by atoms with E-state index >= 15 is 0 Å². The van der Waals surface area contributed by atoms with Gasteiger partial charge in [-0.05, 0) is 37.0 Å². The van der Waals surface area contributed by atoms with Gasteiger partial charge in [-0.15, -0.1) is 0 Å². The van der Waals surface area contributed by atoms with E-state index in [2.05, 4.69) is 10.3 Å². The van der Waals surface area contributed by atoms with Gasteiger partial charge in [0.25, 0.3) is 0 Å². The van der Waals surface area contributed by atoms with Crippen LogP contribution in [0.2, 0.25) is 0 Å². The van der Waals surface area contributed by atoms with Crippen molar-refractivity contribution in [1.29, 1.82) is 0 Å². The van der Waals surface area contributed by atoms with Crippen LogP contribution >= 0.6 is 0 Å². The van der Waals surface area contributed by atoms with Gasteiger partial charge in [0.2, 0.25) is 11.8 Å². The SMILES string of the molecule is O=C(NCc1ccncc1)[C@H]1CCC(=O)N(C2CCCCCC2)C1. The van der Waals surface area contributed by atoms with Crippen molar-refractivity contribution in [3.05, 3.63) is 30.1 Å². The molecule has 130 valence electrons. The normalized spacial score (nSPS) is 22.9. The average Bonchev–Trinajstić information content (AvgIpc) is 2.90. The van der Waals surface area contributed by atoms with Gasteiger partial charge in [-0.3, -0.25) is 14.6 Å². The number of rotatable bonds is 4. The second-order valence-electron chi connectivity index (χ2n) is 7.00. The maximum atomic E-state index is 12.5. The quantitative estimate of drug-likeness (QED) is 0.864. The van der Waals surface area contributed by atoms with Crippen molar-refractivity contribution in [2.45, 2.75) is 64.0 Å². The standard InChI is InChI=1S/C19H27N3O2/c23-18-8-7-16(14-22(18)17-5-3-1-2-4-6-17)19(24)21-13-15-9-11-20-12-10-15/h9-12,16-17H,1-8,13-14H2,(H,21,24)/t16-/m0/s1. The number of amides is 2. The van der Waals surface area contributed by atoms with Crippen LogP contribution in [0.1, 0.15) is 56.9 Å². The smallest absolute Gasteiger partial charge is 0.225 e. The maximum Gasteiger partial charge on any atom is 0.225 e. The van der Waals surface area contributed by atoms with Gasteiger partial charge in [0.05, 0.1) is 5.92 Å². The molecule has 0 radical (unpaired) electrons. The van der Waals surface area contributed by atoms with Gasteiger partial charge in [-0.2, -0.15) is 0 Å². The van der Waals surface area contributed by atoms with Gasteiger partial charge in [-0.25, -0.2) is 0 Å². The summed E-state index contributed by atoms with van der Waals surface area (Å²) in [7, 11) is 0. The molecule has 0 bridgehead atoms. The van der Waals surface area contributed by atoms with Crippen LogP contribution in [-0.4, -0.2) is 34.3 Å². The molecule has 2 amide bonds. The van der Waals surface area contributed by atoms with E-state index in [0.717, 1.165) is 18.4 Å². The number of aromatic nitrogens is 1. The van der Waals surface area contributed by atoms with Crippen LogP contribution in [0.25, 0.3) is 0 Å². The molecule has 1 atom stereocenters. The predicted octanol–water partition coefficient (Wildman–Crippen LogP) is 2.66. The highest BCUT2D eigenvalue weighted by molar-refractivity contribution is 5.84. The number of nitrogens with zero attached hydrogens (tertiary/aromatic N) is 2. The van der Waals surface area contributed by atoms with Crippen molar-refractivity contribution in [2.24, 2.45) is 5.92 Å². The molecule has 1 N–H and O–H groups in total. The molecule has 0 spiro atoms. The molecule has 3 rings (SSSR count). The summed E-state index contributed by atoms with van der Waals surface area (Å²) in [4.78, 5) is 30.8. The summed E-state index contributed by atoms with van der Waals surface area (Å²) in [6, 6.07) is 4.15. The summed E-state index contributed by atoms with van der Waals surface area (Å²) in [5, 5.41) is 3.01. The van der Waals surface area contributed by atoms with E-state index in [1.54, 1.807) is 12.4 Å². The van der Waals surface area contributed by atoms with Gasteiger partial charge < -0.3 is 10.2 Å². The van der Waals surface area contributed by atoms with E-state index in [1.165, 1.54) is 25.7 Å². The Morgan fingerprint density at radius 1 is 1.12 bits per heavy atom. The van der Waals surface area contributed by atoms with Crippen LogP contribution < -0.4 is 5.32 Å². The molecule has 2 heterocycles. The van der Waals surface area contributed by atoms with Crippen molar-refractivity contribution >= 4 is 11.8 Å². The maximum absolute atomic E-state index is 12.5. The number of pyridine rings is 1. The summed E-state index contributed by atoms with van der Waals surface area (Å²) in [5.41, 5.74) is 1.05. The summed E-state index contributed by atoms with van der Waals surface area (Å²) in [6.45, 7) is 1.11. The van der Waals surface area contributed by atoms with E-state index in [9.17, 15) is 9.59 Å². The Bertz CT molecular complexity index is 553. The number of hydrogen-bond donors (Lipinski definition) is 1. The van der Waals surface area contributed by atoms with Crippen LogP contribution in [0.5, 0.6) is 0 Å². The summed E-state index contributed by atoms with van der Waals surface area (Å²) in [5.74, 6) is 0.228. The van der Waals surface area contributed by atoms with Gasteiger partial charge in [-0.1, -0.05) is 25.7 Å². The second kappa shape index (κ2) is 8.27. The monoisotopic (exact) mass is 329 g/mol. The molecule has 0 unspecified atom stereocenters. The molecule has 1 aliphatic carbocycles. The lowest BCUT2D eigenvalue weighted by atomic mass is 9.93.